The van der Waals surface area contributed by atoms with Crippen LogP contribution in [0.25, 0.3) is 0 Å². The molecular formula is C8H17NO6. The molecule has 0 aliphatic rings. The Labute approximate surface area is 88.0 Å². The summed E-state index contributed by atoms with van der Waals surface area (Å²) in [4.78, 5) is 15.3. The molecule has 7 heteroatoms. The standard InChI is InChI=1S/C8H17NO6/c1-6(2)14-8(10)13-5-4-7(3)15-9(11)12/h6-7,11-12H,4-5H2,1-3H3/t7-/m1/s1. The number of carbonyl (C=O) groups is 1. The SMILES string of the molecule is CC(C)OC(=O)OCC[C@@H](C)ON(O)O. The van der Waals surface area contributed by atoms with Gasteiger partial charge in [-0.15, -0.1) is 0 Å². The van der Waals surface area contributed by atoms with Gasteiger partial charge in [-0.05, 0) is 20.8 Å². The zero-order valence-corrected chi connectivity index (χ0v) is 9.04. The van der Waals surface area contributed by atoms with Crippen LogP contribution in [0.4, 0.5) is 4.79 Å². The molecule has 2 N–H and O–H groups in total. The van der Waals surface area contributed by atoms with Crippen molar-refractivity contribution >= 4 is 6.16 Å². The molecule has 0 bridgehead atoms. The summed E-state index contributed by atoms with van der Waals surface area (Å²) in [7, 11) is 0. The third kappa shape index (κ3) is 9.42. The smallest absolute Gasteiger partial charge is 0.434 e. The third-order valence-electron chi connectivity index (χ3n) is 1.35. The van der Waals surface area contributed by atoms with E-state index in [1.165, 1.54) is 0 Å². The van der Waals surface area contributed by atoms with Crippen LogP contribution in [0, 0.1) is 0 Å². The maximum atomic E-state index is 10.9. The third-order valence-corrected chi connectivity index (χ3v) is 1.35. The fourth-order valence-corrected chi connectivity index (χ4v) is 0.748. The average molecular weight is 223 g/mol. The maximum Gasteiger partial charge on any atom is 0.508 e. The lowest BCUT2D eigenvalue weighted by atomic mass is 10.3. The van der Waals surface area contributed by atoms with Gasteiger partial charge in [0.15, 0.2) is 0 Å². The Morgan fingerprint density at radius 2 is 1.93 bits per heavy atom. The topological polar surface area (TPSA) is 88.5 Å². The summed E-state index contributed by atoms with van der Waals surface area (Å²) >= 11 is 0. The predicted molar refractivity (Wildman–Crippen MR) is 48.1 cm³/mol. The number of rotatable bonds is 6. The minimum atomic E-state index is -0.748. The first kappa shape index (κ1) is 14.1. The highest BCUT2D eigenvalue weighted by Gasteiger charge is 2.10. The van der Waals surface area contributed by atoms with Crippen LogP contribution < -0.4 is 0 Å². The monoisotopic (exact) mass is 223 g/mol. The molecule has 0 fully saturated rings. The lowest BCUT2D eigenvalue weighted by Gasteiger charge is -2.14. The summed E-state index contributed by atoms with van der Waals surface area (Å²) in [6.07, 6.45) is -1.13. The zero-order chi connectivity index (χ0) is 11.8. The first-order chi connectivity index (χ1) is 6.91. The fraction of sp³-hybridized carbons (Fsp3) is 0.875. The average Bonchev–Trinajstić information content (AvgIpc) is 2.00. The van der Waals surface area contributed by atoms with Crippen LogP contribution in [0.3, 0.4) is 0 Å². The van der Waals surface area contributed by atoms with Crippen molar-refractivity contribution < 1.29 is 29.5 Å². The van der Waals surface area contributed by atoms with Crippen molar-refractivity contribution in [3.8, 4) is 0 Å². The van der Waals surface area contributed by atoms with Crippen molar-refractivity contribution in [2.75, 3.05) is 6.61 Å². The molecule has 0 aromatic heterocycles. The normalized spacial score (nSPS) is 13.0. The van der Waals surface area contributed by atoms with Gasteiger partial charge in [0.2, 0.25) is 0 Å². The minimum absolute atomic E-state index is 0.0839. The van der Waals surface area contributed by atoms with Gasteiger partial charge in [-0.25, -0.2) is 9.63 Å². The Morgan fingerprint density at radius 1 is 1.33 bits per heavy atom. The Bertz CT molecular complexity index is 184. The highest BCUT2D eigenvalue weighted by atomic mass is 17.1. The van der Waals surface area contributed by atoms with E-state index in [0.717, 1.165) is 0 Å². The van der Waals surface area contributed by atoms with Gasteiger partial charge in [0.25, 0.3) is 0 Å². The number of hydrogen-bond acceptors (Lipinski definition) is 7. The molecule has 0 heterocycles. The molecule has 0 amide bonds. The highest BCUT2D eigenvalue weighted by molar-refractivity contribution is 5.59. The molecule has 0 saturated heterocycles. The predicted octanol–water partition coefficient (Wildman–Crippen LogP) is 1.34. The zero-order valence-electron chi connectivity index (χ0n) is 9.04. The van der Waals surface area contributed by atoms with Crippen molar-refractivity contribution in [1.82, 2.24) is 5.39 Å². The van der Waals surface area contributed by atoms with Gasteiger partial charge in [0, 0.05) is 6.42 Å². The molecule has 0 aromatic carbocycles. The van der Waals surface area contributed by atoms with E-state index in [9.17, 15) is 4.79 Å². The quantitative estimate of drug-likeness (QED) is 0.518. The molecule has 0 spiro atoms. The number of nitrogens with zero attached hydrogens (tertiary/aromatic N) is 1. The minimum Gasteiger partial charge on any atom is -0.434 e. The number of ether oxygens (including phenoxy) is 2. The summed E-state index contributed by atoms with van der Waals surface area (Å²) < 4.78 is 9.38. The first-order valence-electron chi connectivity index (χ1n) is 4.60. The second-order valence-corrected chi connectivity index (χ2v) is 3.22. The molecule has 0 aromatic rings. The van der Waals surface area contributed by atoms with Crippen LogP contribution in [0.1, 0.15) is 27.2 Å². The maximum absolute atomic E-state index is 10.9. The summed E-state index contributed by atoms with van der Waals surface area (Å²) in [5.74, 6) is 0. The first-order valence-corrected chi connectivity index (χ1v) is 4.60. The van der Waals surface area contributed by atoms with Gasteiger partial charge in [0.05, 0.1) is 24.2 Å². The molecule has 15 heavy (non-hydrogen) atoms. The van der Waals surface area contributed by atoms with Gasteiger partial charge >= 0.3 is 6.16 Å². The Kier molecular flexibility index (Phi) is 6.97. The molecule has 0 saturated carbocycles. The summed E-state index contributed by atoms with van der Waals surface area (Å²) in [5.41, 5.74) is 0. The molecule has 1 atom stereocenters. The Balaban J connectivity index is 3.48. The van der Waals surface area contributed by atoms with E-state index in [4.69, 9.17) is 15.2 Å². The van der Waals surface area contributed by atoms with Crippen molar-refractivity contribution in [3.63, 3.8) is 0 Å². The molecule has 0 rings (SSSR count). The second-order valence-electron chi connectivity index (χ2n) is 3.22. The molecule has 0 unspecified atom stereocenters. The van der Waals surface area contributed by atoms with Gasteiger partial charge in [0.1, 0.15) is 0 Å². The number of hydrogen-bond donors (Lipinski definition) is 2. The lowest BCUT2D eigenvalue weighted by Crippen LogP contribution is -2.23. The van der Waals surface area contributed by atoms with Crippen molar-refractivity contribution in [2.24, 2.45) is 0 Å². The van der Waals surface area contributed by atoms with Crippen molar-refractivity contribution in [2.45, 2.75) is 39.4 Å². The molecule has 0 aliphatic carbocycles. The van der Waals surface area contributed by atoms with E-state index in [-0.39, 0.29) is 18.1 Å². The van der Waals surface area contributed by atoms with Gasteiger partial charge in [-0.3, -0.25) is 10.4 Å². The van der Waals surface area contributed by atoms with Crippen LogP contribution in [0.15, 0.2) is 0 Å². The van der Waals surface area contributed by atoms with E-state index in [2.05, 4.69) is 9.57 Å². The Morgan fingerprint density at radius 3 is 2.40 bits per heavy atom. The summed E-state index contributed by atoms with van der Waals surface area (Å²) in [6, 6.07) is 0. The largest absolute Gasteiger partial charge is 0.508 e. The van der Waals surface area contributed by atoms with Gasteiger partial charge < -0.3 is 9.47 Å². The van der Waals surface area contributed by atoms with Crippen LogP contribution in [-0.4, -0.2) is 40.8 Å². The fourth-order valence-electron chi connectivity index (χ4n) is 0.748. The molecular weight excluding hydrogens is 206 g/mol. The summed E-state index contributed by atoms with van der Waals surface area (Å²) in [6.45, 7) is 5.10. The second kappa shape index (κ2) is 7.41. The summed E-state index contributed by atoms with van der Waals surface area (Å²) in [5, 5.41) is 16.2. The van der Waals surface area contributed by atoms with Gasteiger partial charge in [-0.2, -0.15) is 0 Å². The molecule has 90 valence electrons. The lowest BCUT2D eigenvalue weighted by molar-refractivity contribution is -0.503. The van der Waals surface area contributed by atoms with E-state index in [1.54, 1.807) is 20.8 Å². The van der Waals surface area contributed by atoms with E-state index < -0.39 is 12.3 Å². The van der Waals surface area contributed by atoms with Crippen LogP contribution in [0.5, 0.6) is 0 Å². The highest BCUT2D eigenvalue weighted by Crippen LogP contribution is 2.00. The van der Waals surface area contributed by atoms with Crippen LogP contribution >= 0.6 is 0 Å². The Hall–Kier alpha value is -0.890. The van der Waals surface area contributed by atoms with Crippen molar-refractivity contribution in [3.05, 3.63) is 0 Å². The van der Waals surface area contributed by atoms with E-state index >= 15 is 0 Å². The van der Waals surface area contributed by atoms with Crippen LogP contribution in [0.2, 0.25) is 0 Å². The molecule has 0 aliphatic heterocycles. The molecule has 7 nitrogen and oxygen atoms in total. The number of carbonyl (C=O) groups excluding carboxylic acids is 1. The van der Waals surface area contributed by atoms with E-state index in [1.807, 2.05) is 0 Å². The van der Waals surface area contributed by atoms with E-state index in [0.29, 0.717) is 6.42 Å². The molecule has 0 radical (unpaired) electrons. The van der Waals surface area contributed by atoms with Crippen molar-refractivity contribution in [1.29, 1.82) is 0 Å². The van der Waals surface area contributed by atoms with Crippen LogP contribution in [-0.2, 0) is 14.3 Å². The van der Waals surface area contributed by atoms with Gasteiger partial charge in [-0.1, -0.05) is 0 Å².